The van der Waals surface area contributed by atoms with Crippen LogP contribution in [0.5, 0.6) is 5.75 Å². The molecule has 5 heteroatoms. The van der Waals surface area contributed by atoms with Crippen LogP contribution in [0.1, 0.15) is 38.1 Å². The van der Waals surface area contributed by atoms with Gasteiger partial charge in [0.05, 0.1) is 24.6 Å². The predicted octanol–water partition coefficient (Wildman–Crippen LogP) is 4.38. The molecule has 0 saturated carbocycles. The van der Waals surface area contributed by atoms with Gasteiger partial charge in [-0.15, -0.1) is 0 Å². The fourth-order valence-electron chi connectivity index (χ4n) is 3.43. The Morgan fingerprint density at radius 3 is 2.66 bits per heavy atom. The van der Waals surface area contributed by atoms with E-state index in [-0.39, 0.29) is 5.91 Å². The van der Waals surface area contributed by atoms with Crippen LogP contribution in [-0.4, -0.2) is 29.1 Å². The summed E-state index contributed by atoms with van der Waals surface area (Å²) in [4.78, 5) is 17.0. The second-order valence-electron chi connectivity index (χ2n) is 7.62. The van der Waals surface area contributed by atoms with E-state index >= 15 is 0 Å². The number of aryl methyl sites for hydroxylation is 1. The number of aromatic nitrogens is 2. The zero-order chi connectivity index (χ0) is 20.6. The summed E-state index contributed by atoms with van der Waals surface area (Å²) in [5, 5.41) is 3.03. The number of nitrogens with one attached hydrogen (secondary N) is 1. The molecule has 0 fully saturated rings. The number of fused-ring (bicyclic) bond motifs is 1. The third-order valence-electron chi connectivity index (χ3n) is 5.35. The number of imidazole rings is 1. The van der Waals surface area contributed by atoms with Crippen molar-refractivity contribution >= 4 is 16.9 Å². The van der Waals surface area contributed by atoms with Gasteiger partial charge in [-0.2, -0.15) is 0 Å². The summed E-state index contributed by atoms with van der Waals surface area (Å²) < 4.78 is 7.50. The molecule has 0 saturated heterocycles. The SMILES string of the molecule is CCC(C)Cn1c(CCCNC(=O)Cc2ccc(OC)cc2)nc2ccccc21. The summed E-state index contributed by atoms with van der Waals surface area (Å²) in [7, 11) is 1.64. The number of amides is 1. The molecular weight excluding hydrogens is 362 g/mol. The molecule has 5 nitrogen and oxygen atoms in total. The van der Waals surface area contributed by atoms with E-state index < -0.39 is 0 Å². The van der Waals surface area contributed by atoms with Gasteiger partial charge < -0.3 is 14.6 Å². The summed E-state index contributed by atoms with van der Waals surface area (Å²) >= 11 is 0. The highest BCUT2D eigenvalue weighted by atomic mass is 16.5. The maximum atomic E-state index is 12.2. The fourth-order valence-corrected chi connectivity index (χ4v) is 3.43. The van der Waals surface area contributed by atoms with Crippen LogP contribution in [-0.2, 0) is 24.2 Å². The van der Waals surface area contributed by atoms with E-state index in [4.69, 9.17) is 9.72 Å². The van der Waals surface area contributed by atoms with Gasteiger partial charge >= 0.3 is 0 Å². The van der Waals surface area contributed by atoms with Crippen molar-refractivity contribution in [1.82, 2.24) is 14.9 Å². The summed E-state index contributed by atoms with van der Waals surface area (Å²) in [6, 6.07) is 15.9. The molecule has 1 unspecified atom stereocenters. The van der Waals surface area contributed by atoms with Gasteiger partial charge in [0, 0.05) is 19.5 Å². The monoisotopic (exact) mass is 393 g/mol. The Hall–Kier alpha value is -2.82. The van der Waals surface area contributed by atoms with E-state index in [0.29, 0.717) is 18.9 Å². The normalized spacial score (nSPS) is 12.1. The second kappa shape index (κ2) is 10.1. The largest absolute Gasteiger partial charge is 0.497 e. The zero-order valence-electron chi connectivity index (χ0n) is 17.6. The predicted molar refractivity (Wildman–Crippen MR) is 117 cm³/mol. The first-order valence-electron chi connectivity index (χ1n) is 10.4. The maximum Gasteiger partial charge on any atom is 0.224 e. The molecule has 0 spiro atoms. The number of carbonyl (C=O) groups excluding carboxylic acids is 1. The number of carbonyl (C=O) groups is 1. The van der Waals surface area contributed by atoms with Crippen molar-refractivity contribution in [2.45, 2.75) is 46.1 Å². The summed E-state index contributed by atoms with van der Waals surface area (Å²) in [5.74, 6) is 2.56. The molecule has 0 aliphatic rings. The number of hydrogen-bond donors (Lipinski definition) is 1. The third-order valence-corrected chi connectivity index (χ3v) is 5.35. The molecule has 3 rings (SSSR count). The van der Waals surface area contributed by atoms with Crippen LogP contribution < -0.4 is 10.1 Å². The van der Waals surface area contributed by atoms with Gasteiger partial charge in [-0.25, -0.2) is 4.98 Å². The standard InChI is InChI=1S/C24H31N3O2/c1-4-18(2)17-27-22-9-6-5-8-21(22)26-23(27)10-7-15-25-24(28)16-19-11-13-20(29-3)14-12-19/h5-6,8-9,11-14,18H,4,7,10,15-17H2,1-3H3,(H,25,28). The minimum absolute atomic E-state index is 0.0447. The number of para-hydroxylation sites is 2. The fraction of sp³-hybridized carbons (Fsp3) is 0.417. The molecule has 1 atom stereocenters. The van der Waals surface area contributed by atoms with Gasteiger partial charge in [0.25, 0.3) is 0 Å². The van der Waals surface area contributed by atoms with Crippen molar-refractivity contribution in [1.29, 1.82) is 0 Å². The molecule has 0 aliphatic carbocycles. The highest BCUT2D eigenvalue weighted by Gasteiger charge is 2.12. The molecule has 1 aromatic heterocycles. The van der Waals surface area contributed by atoms with Gasteiger partial charge in [-0.05, 0) is 42.2 Å². The summed E-state index contributed by atoms with van der Waals surface area (Å²) in [5.41, 5.74) is 3.24. The minimum Gasteiger partial charge on any atom is -0.497 e. The van der Waals surface area contributed by atoms with Crippen LogP contribution in [0.3, 0.4) is 0 Å². The Bertz CT molecular complexity index is 931. The lowest BCUT2D eigenvalue weighted by Crippen LogP contribution is -2.26. The molecule has 1 heterocycles. The molecule has 1 N–H and O–H groups in total. The number of methoxy groups -OCH3 is 1. The topological polar surface area (TPSA) is 56.2 Å². The van der Waals surface area contributed by atoms with Crippen molar-refractivity contribution in [3.05, 3.63) is 59.9 Å². The van der Waals surface area contributed by atoms with Crippen LogP contribution in [0, 0.1) is 5.92 Å². The molecule has 0 bridgehead atoms. The van der Waals surface area contributed by atoms with E-state index in [1.54, 1.807) is 7.11 Å². The Morgan fingerprint density at radius 2 is 1.93 bits per heavy atom. The molecule has 154 valence electrons. The van der Waals surface area contributed by atoms with Crippen LogP contribution in [0.4, 0.5) is 0 Å². The average Bonchev–Trinajstić information content (AvgIpc) is 3.09. The number of ether oxygens (including phenoxy) is 1. The van der Waals surface area contributed by atoms with Gasteiger partial charge in [-0.3, -0.25) is 4.79 Å². The molecule has 0 radical (unpaired) electrons. The molecule has 2 aromatic carbocycles. The number of benzene rings is 2. The quantitative estimate of drug-likeness (QED) is 0.520. The highest BCUT2D eigenvalue weighted by molar-refractivity contribution is 5.78. The molecule has 29 heavy (non-hydrogen) atoms. The van der Waals surface area contributed by atoms with Gasteiger partial charge in [0.1, 0.15) is 11.6 Å². The highest BCUT2D eigenvalue weighted by Crippen LogP contribution is 2.19. The van der Waals surface area contributed by atoms with Crippen LogP contribution >= 0.6 is 0 Å². The number of rotatable bonds is 10. The number of nitrogens with zero attached hydrogens (tertiary/aromatic N) is 2. The molecule has 1 amide bonds. The summed E-state index contributed by atoms with van der Waals surface area (Å²) in [6.07, 6.45) is 3.26. The van der Waals surface area contributed by atoms with E-state index in [2.05, 4.69) is 41.9 Å². The average molecular weight is 394 g/mol. The lowest BCUT2D eigenvalue weighted by Gasteiger charge is -2.14. The van der Waals surface area contributed by atoms with Crippen LogP contribution in [0.15, 0.2) is 48.5 Å². The lowest BCUT2D eigenvalue weighted by atomic mass is 10.1. The van der Waals surface area contributed by atoms with Crippen LogP contribution in [0.2, 0.25) is 0 Å². The zero-order valence-corrected chi connectivity index (χ0v) is 17.6. The Labute approximate surface area is 173 Å². The smallest absolute Gasteiger partial charge is 0.224 e. The minimum atomic E-state index is 0.0447. The van der Waals surface area contributed by atoms with E-state index in [1.807, 2.05) is 30.3 Å². The maximum absolute atomic E-state index is 12.2. The van der Waals surface area contributed by atoms with Gasteiger partial charge in [0.15, 0.2) is 0 Å². The van der Waals surface area contributed by atoms with Crippen molar-refractivity contribution in [2.75, 3.05) is 13.7 Å². The Balaban J connectivity index is 1.53. The van der Waals surface area contributed by atoms with Crippen molar-refractivity contribution in [3.8, 4) is 5.75 Å². The van der Waals surface area contributed by atoms with Crippen molar-refractivity contribution in [2.24, 2.45) is 5.92 Å². The first-order valence-corrected chi connectivity index (χ1v) is 10.4. The van der Waals surface area contributed by atoms with E-state index in [0.717, 1.165) is 48.5 Å². The lowest BCUT2D eigenvalue weighted by molar-refractivity contribution is -0.120. The van der Waals surface area contributed by atoms with Crippen molar-refractivity contribution in [3.63, 3.8) is 0 Å². The second-order valence-corrected chi connectivity index (χ2v) is 7.62. The Morgan fingerprint density at radius 1 is 1.17 bits per heavy atom. The molecule has 3 aromatic rings. The van der Waals surface area contributed by atoms with Crippen LogP contribution in [0.25, 0.3) is 11.0 Å². The van der Waals surface area contributed by atoms with E-state index in [1.165, 1.54) is 5.52 Å². The van der Waals surface area contributed by atoms with E-state index in [9.17, 15) is 4.79 Å². The molecular formula is C24H31N3O2. The third kappa shape index (κ3) is 5.59. The van der Waals surface area contributed by atoms with Gasteiger partial charge in [0.2, 0.25) is 5.91 Å². The molecule has 0 aliphatic heterocycles. The number of hydrogen-bond acceptors (Lipinski definition) is 3. The summed E-state index contributed by atoms with van der Waals surface area (Å²) in [6.45, 7) is 6.14. The van der Waals surface area contributed by atoms with Crippen molar-refractivity contribution < 1.29 is 9.53 Å². The Kier molecular flexibility index (Phi) is 7.28. The van der Waals surface area contributed by atoms with Gasteiger partial charge in [-0.1, -0.05) is 44.5 Å². The first kappa shape index (κ1) is 20.9. The first-order chi connectivity index (χ1) is 14.1.